The van der Waals surface area contributed by atoms with E-state index in [0.29, 0.717) is 5.92 Å². The van der Waals surface area contributed by atoms with E-state index in [1.54, 1.807) is 6.33 Å². The topological polar surface area (TPSA) is 57.7 Å². The van der Waals surface area contributed by atoms with Crippen LogP contribution in [0.3, 0.4) is 0 Å². The Kier molecular flexibility index (Phi) is 2.58. The molecule has 1 N–H and O–H groups in total. The van der Waals surface area contributed by atoms with Crippen molar-refractivity contribution >= 4 is 0 Å². The van der Waals surface area contributed by atoms with E-state index in [9.17, 15) is 0 Å². The quantitative estimate of drug-likeness (QED) is 0.905. The Balaban J connectivity index is 1.50. The highest BCUT2D eigenvalue weighted by Crippen LogP contribution is 2.38. The van der Waals surface area contributed by atoms with Crippen LogP contribution in [0.25, 0.3) is 0 Å². The predicted octanol–water partition coefficient (Wildman–Crippen LogP) is 1.64. The van der Waals surface area contributed by atoms with Crippen molar-refractivity contribution in [2.24, 2.45) is 0 Å². The first-order valence-electron chi connectivity index (χ1n) is 6.93. The number of aromatic nitrogens is 4. The van der Waals surface area contributed by atoms with E-state index in [1.165, 1.54) is 29.8 Å². The summed E-state index contributed by atoms with van der Waals surface area (Å²) in [6, 6.07) is 0. The van der Waals surface area contributed by atoms with E-state index < -0.39 is 0 Å². The molecule has 4 rings (SSSR count). The smallest absolute Gasteiger partial charge is 0.131 e. The zero-order chi connectivity index (χ0) is 12.7. The van der Waals surface area contributed by atoms with Gasteiger partial charge in [-0.2, -0.15) is 0 Å². The number of fused-ring (bicyclic) bond motifs is 1. The van der Waals surface area contributed by atoms with Gasteiger partial charge in [-0.1, -0.05) is 0 Å². The number of nitrogens with zero attached hydrogens (tertiary/aromatic N) is 4. The van der Waals surface area contributed by atoms with Crippen LogP contribution in [0.4, 0.5) is 0 Å². The summed E-state index contributed by atoms with van der Waals surface area (Å²) in [7, 11) is 0. The molecule has 2 aromatic rings. The van der Waals surface area contributed by atoms with Crippen LogP contribution < -0.4 is 0 Å². The van der Waals surface area contributed by atoms with Gasteiger partial charge < -0.3 is 4.98 Å². The molecule has 0 bridgehead atoms. The number of nitrogens with one attached hydrogen (secondary N) is 1. The second kappa shape index (κ2) is 4.42. The zero-order valence-electron chi connectivity index (χ0n) is 10.8. The molecule has 19 heavy (non-hydrogen) atoms. The van der Waals surface area contributed by atoms with Crippen LogP contribution in [0, 0.1) is 0 Å². The van der Waals surface area contributed by atoms with Gasteiger partial charge in [-0.3, -0.25) is 4.90 Å². The molecule has 1 saturated carbocycles. The summed E-state index contributed by atoms with van der Waals surface area (Å²) >= 11 is 0. The van der Waals surface area contributed by atoms with Gasteiger partial charge in [0.05, 0.1) is 6.33 Å². The highest BCUT2D eigenvalue weighted by atomic mass is 15.1. The zero-order valence-corrected chi connectivity index (χ0v) is 10.8. The Hall–Kier alpha value is -1.75. The molecule has 0 saturated heterocycles. The molecular weight excluding hydrogens is 238 g/mol. The molecule has 5 nitrogen and oxygen atoms in total. The molecule has 1 fully saturated rings. The summed E-state index contributed by atoms with van der Waals surface area (Å²) in [6.07, 6.45) is 9.23. The molecule has 0 amide bonds. The summed E-state index contributed by atoms with van der Waals surface area (Å²) in [6.45, 7) is 2.93. The van der Waals surface area contributed by atoms with Crippen LogP contribution in [0.5, 0.6) is 0 Å². The maximum absolute atomic E-state index is 4.75. The van der Waals surface area contributed by atoms with Crippen LogP contribution >= 0.6 is 0 Å². The number of imidazole rings is 1. The minimum atomic E-state index is 0.647. The molecule has 0 aromatic carbocycles. The van der Waals surface area contributed by atoms with Gasteiger partial charge in [0.15, 0.2) is 0 Å². The molecule has 0 unspecified atom stereocenters. The Morgan fingerprint density at radius 1 is 1.32 bits per heavy atom. The second-order valence-electron chi connectivity index (χ2n) is 5.51. The van der Waals surface area contributed by atoms with Crippen molar-refractivity contribution in [3.63, 3.8) is 0 Å². The van der Waals surface area contributed by atoms with Crippen molar-refractivity contribution in [3.05, 3.63) is 41.5 Å². The fraction of sp³-hybridized carbons (Fsp3) is 0.500. The van der Waals surface area contributed by atoms with Crippen LogP contribution in [0.15, 0.2) is 18.7 Å². The maximum Gasteiger partial charge on any atom is 0.131 e. The SMILES string of the molecule is c1ncc(CN2CCc3nc(C4CC4)ncc3C2)[nH]1. The van der Waals surface area contributed by atoms with E-state index in [1.807, 2.05) is 12.4 Å². The molecule has 5 heteroatoms. The van der Waals surface area contributed by atoms with Gasteiger partial charge in [0.1, 0.15) is 5.82 Å². The third kappa shape index (κ3) is 2.26. The van der Waals surface area contributed by atoms with Crippen LogP contribution in [0.2, 0.25) is 0 Å². The predicted molar refractivity (Wildman–Crippen MR) is 70.4 cm³/mol. The lowest BCUT2D eigenvalue weighted by Gasteiger charge is -2.27. The van der Waals surface area contributed by atoms with E-state index in [-0.39, 0.29) is 0 Å². The van der Waals surface area contributed by atoms with E-state index in [0.717, 1.165) is 31.9 Å². The summed E-state index contributed by atoms with van der Waals surface area (Å²) in [5.74, 6) is 1.72. The Bertz CT molecular complexity index is 574. The maximum atomic E-state index is 4.75. The van der Waals surface area contributed by atoms with Gasteiger partial charge in [-0.05, 0) is 12.8 Å². The fourth-order valence-electron chi connectivity index (χ4n) is 2.68. The first-order valence-corrected chi connectivity index (χ1v) is 6.93. The standard InChI is InChI=1S/C14H17N5/c1-2-10(1)14-16-5-11-7-19(4-3-13(11)18-14)8-12-6-15-9-17-12/h5-6,9-10H,1-4,7-8H2,(H,15,17). The van der Waals surface area contributed by atoms with Crippen molar-refractivity contribution in [1.82, 2.24) is 24.8 Å². The molecule has 98 valence electrons. The lowest BCUT2D eigenvalue weighted by atomic mass is 10.1. The summed E-state index contributed by atoms with van der Waals surface area (Å²) < 4.78 is 0. The summed E-state index contributed by atoms with van der Waals surface area (Å²) in [5, 5.41) is 0. The highest BCUT2D eigenvalue weighted by molar-refractivity contribution is 5.22. The average Bonchev–Trinajstić information content (AvgIpc) is 3.17. The third-order valence-electron chi connectivity index (χ3n) is 3.92. The van der Waals surface area contributed by atoms with Gasteiger partial charge >= 0.3 is 0 Å². The van der Waals surface area contributed by atoms with Crippen molar-refractivity contribution < 1.29 is 0 Å². The molecule has 0 radical (unpaired) electrons. The fourth-order valence-corrected chi connectivity index (χ4v) is 2.68. The van der Waals surface area contributed by atoms with Crippen molar-refractivity contribution in [2.45, 2.75) is 38.3 Å². The highest BCUT2D eigenvalue weighted by Gasteiger charge is 2.28. The first-order chi connectivity index (χ1) is 9.38. The van der Waals surface area contributed by atoms with Crippen molar-refractivity contribution in [3.8, 4) is 0 Å². The number of hydrogen-bond acceptors (Lipinski definition) is 4. The number of hydrogen-bond donors (Lipinski definition) is 1. The Morgan fingerprint density at radius 2 is 2.26 bits per heavy atom. The Labute approximate surface area is 112 Å². The molecule has 0 spiro atoms. The summed E-state index contributed by atoms with van der Waals surface area (Å²) in [5.41, 5.74) is 3.71. The molecule has 3 heterocycles. The van der Waals surface area contributed by atoms with Gasteiger partial charge in [0, 0.05) is 61.3 Å². The van der Waals surface area contributed by atoms with Crippen LogP contribution in [-0.2, 0) is 19.5 Å². The lowest BCUT2D eigenvalue weighted by Crippen LogP contribution is -2.31. The van der Waals surface area contributed by atoms with E-state index >= 15 is 0 Å². The minimum Gasteiger partial charge on any atom is -0.347 e. The molecule has 2 aromatic heterocycles. The Morgan fingerprint density at radius 3 is 3.05 bits per heavy atom. The molecule has 0 atom stereocenters. The van der Waals surface area contributed by atoms with Crippen LogP contribution in [0.1, 0.15) is 41.5 Å². The van der Waals surface area contributed by atoms with E-state index in [4.69, 9.17) is 4.98 Å². The molecule has 1 aliphatic heterocycles. The number of aromatic amines is 1. The van der Waals surface area contributed by atoms with Crippen molar-refractivity contribution in [2.75, 3.05) is 6.54 Å². The minimum absolute atomic E-state index is 0.647. The van der Waals surface area contributed by atoms with Crippen LogP contribution in [-0.4, -0.2) is 31.4 Å². The largest absolute Gasteiger partial charge is 0.347 e. The number of H-pyrrole nitrogens is 1. The van der Waals surface area contributed by atoms with Crippen molar-refractivity contribution in [1.29, 1.82) is 0 Å². The van der Waals surface area contributed by atoms with Gasteiger partial charge in [-0.25, -0.2) is 15.0 Å². The molecule has 2 aliphatic rings. The van der Waals surface area contributed by atoms with Gasteiger partial charge in [0.2, 0.25) is 0 Å². The lowest BCUT2D eigenvalue weighted by molar-refractivity contribution is 0.240. The molecule has 1 aliphatic carbocycles. The first kappa shape index (κ1) is 11.1. The third-order valence-corrected chi connectivity index (χ3v) is 3.92. The van der Waals surface area contributed by atoms with Gasteiger partial charge in [-0.15, -0.1) is 0 Å². The van der Waals surface area contributed by atoms with Gasteiger partial charge in [0.25, 0.3) is 0 Å². The summed E-state index contributed by atoms with van der Waals surface area (Å²) in [4.78, 5) is 18.9. The average molecular weight is 255 g/mol. The monoisotopic (exact) mass is 255 g/mol. The van der Waals surface area contributed by atoms with E-state index in [2.05, 4.69) is 19.9 Å². The second-order valence-corrected chi connectivity index (χ2v) is 5.51. The molecular formula is C14H17N5. The normalized spacial score (nSPS) is 19.4. The number of rotatable bonds is 3.